The molecule has 0 aliphatic carbocycles. The fourth-order valence-electron chi connectivity index (χ4n) is 4.18. The van der Waals surface area contributed by atoms with Gasteiger partial charge in [0.05, 0.1) is 38.6 Å². The lowest BCUT2D eigenvalue weighted by Gasteiger charge is -2.25. The van der Waals surface area contributed by atoms with Gasteiger partial charge in [-0.25, -0.2) is 0 Å². The predicted molar refractivity (Wildman–Crippen MR) is 130 cm³/mol. The molecule has 0 amide bonds. The van der Waals surface area contributed by atoms with Crippen molar-refractivity contribution >= 4 is 0 Å². The van der Waals surface area contributed by atoms with Crippen LogP contribution in [0.4, 0.5) is 0 Å². The predicted octanol–water partition coefficient (Wildman–Crippen LogP) is 5.45. The van der Waals surface area contributed by atoms with Crippen LogP contribution in [-0.2, 0) is 38.8 Å². The van der Waals surface area contributed by atoms with Crippen LogP contribution in [0.1, 0.15) is 29.5 Å². The van der Waals surface area contributed by atoms with Crippen molar-refractivity contribution in [1.29, 1.82) is 5.26 Å². The zero-order valence-corrected chi connectivity index (χ0v) is 19.3. The highest BCUT2D eigenvalue weighted by Gasteiger charge is 2.46. The average Bonchev–Trinajstić information content (AvgIpc) is 3.22. The van der Waals surface area contributed by atoms with Crippen LogP contribution >= 0.6 is 0 Å². The molecule has 3 aromatic rings. The maximum absolute atomic E-state index is 9.17. The minimum absolute atomic E-state index is 0.227. The topological polar surface area (TPSA) is 60.7 Å². The molecule has 0 radical (unpaired) electrons. The molecule has 0 N–H and O–H groups in total. The van der Waals surface area contributed by atoms with Crippen LogP contribution in [0.5, 0.6) is 0 Å². The molecule has 1 aliphatic rings. The summed E-state index contributed by atoms with van der Waals surface area (Å²) in [4.78, 5) is 0. The van der Waals surface area contributed by atoms with Crippen molar-refractivity contribution in [1.82, 2.24) is 0 Å². The van der Waals surface area contributed by atoms with E-state index in [1.165, 1.54) is 0 Å². The Balaban J connectivity index is 1.46. The Kier molecular flexibility index (Phi) is 9.24. The Labute approximate surface area is 201 Å². The van der Waals surface area contributed by atoms with Crippen molar-refractivity contribution in [2.75, 3.05) is 6.61 Å². The van der Waals surface area contributed by atoms with Gasteiger partial charge in [0, 0.05) is 6.42 Å². The van der Waals surface area contributed by atoms with Gasteiger partial charge in [-0.15, -0.1) is 0 Å². The minimum Gasteiger partial charge on any atom is -0.374 e. The van der Waals surface area contributed by atoms with Crippen LogP contribution in [0.3, 0.4) is 0 Å². The molecule has 1 heterocycles. The number of nitriles is 1. The molecule has 1 aliphatic heterocycles. The molecule has 5 heteroatoms. The van der Waals surface area contributed by atoms with Gasteiger partial charge < -0.3 is 18.9 Å². The molecule has 1 saturated heterocycles. The van der Waals surface area contributed by atoms with Crippen molar-refractivity contribution in [2.24, 2.45) is 0 Å². The third-order valence-electron chi connectivity index (χ3n) is 5.91. The van der Waals surface area contributed by atoms with E-state index in [1.54, 1.807) is 0 Å². The zero-order valence-electron chi connectivity index (χ0n) is 19.3. The Morgan fingerprint density at radius 3 is 1.62 bits per heavy atom. The highest BCUT2D eigenvalue weighted by molar-refractivity contribution is 5.15. The van der Waals surface area contributed by atoms with Gasteiger partial charge in [-0.2, -0.15) is 5.26 Å². The molecule has 0 bridgehead atoms. The molecule has 0 aromatic heterocycles. The number of nitrogens with zero attached hydrogens (tertiary/aromatic N) is 1. The van der Waals surface area contributed by atoms with E-state index < -0.39 is 0 Å². The molecule has 4 rings (SSSR count). The summed E-state index contributed by atoms with van der Waals surface area (Å²) in [7, 11) is 0. The van der Waals surface area contributed by atoms with Crippen molar-refractivity contribution in [2.45, 2.75) is 57.1 Å². The monoisotopic (exact) mass is 457 g/mol. The SMILES string of the molecule is N#CCC[C@@H]1O[C@H](COCc2ccccc2)[C@@H](OCc2ccccc2)[C@H]1OCc1ccccc1. The van der Waals surface area contributed by atoms with E-state index >= 15 is 0 Å². The summed E-state index contributed by atoms with van der Waals surface area (Å²) < 4.78 is 25.2. The molecule has 5 nitrogen and oxygen atoms in total. The molecule has 34 heavy (non-hydrogen) atoms. The van der Waals surface area contributed by atoms with E-state index in [0.29, 0.717) is 39.3 Å². The van der Waals surface area contributed by atoms with Gasteiger partial charge in [-0.3, -0.25) is 0 Å². The Morgan fingerprint density at radius 1 is 0.647 bits per heavy atom. The zero-order chi connectivity index (χ0) is 23.4. The second kappa shape index (κ2) is 13.0. The number of hydrogen-bond acceptors (Lipinski definition) is 5. The van der Waals surface area contributed by atoms with Crippen LogP contribution < -0.4 is 0 Å². The average molecular weight is 458 g/mol. The van der Waals surface area contributed by atoms with Crippen molar-refractivity contribution < 1.29 is 18.9 Å². The summed E-state index contributed by atoms with van der Waals surface area (Å²) in [5.74, 6) is 0. The van der Waals surface area contributed by atoms with E-state index in [2.05, 4.69) is 6.07 Å². The van der Waals surface area contributed by atoms with E-state index in [4.69, 9.17) is 24.2 Å². The molecule has 176 valence electrons. The number of hydrogen-bond donors (Lipinski definition) is 0. The number of benzene rings is 3. The van der Waals surface area contributed by atoms with Gasteiger partial charge in [0.2, 0.25) is 0 Å². The molecule has 3 aromatic carbocycles. The molecular formula is C29H31NO4. The molecular weight excluding hydrogens is 426 g/mol. The van der Waals surface area contributed by atoms with Crippen molar-refractivity contribution in [3.63, 3.8) is 0 Å². The van der Waals surface area contributed by atoms with Crippen LogP contribution in [0.25, 0.3) is 0 Å². The van der Waals surface area contributed by atoms with Gasteiger partial charge in [0.15, 0.2) is 0 Å². The first-order chi connectivity index (χ1) is 16.8. The summed E-state index contributed by atoms with van der Waals surface area (Å²) in [6.45, 7) is 1.81. The lowest BCUT2D eigenvalue weighted by atomic mass is 10.0. The first kappa shape index (κ1) is 24.1. The standard InChI is InChI=1S/C29H31NO4/c30-18-10-17-26-28(32-20-24-13-6-2-7-14-24)29(33-21-25-15-8-3-9-16-25)27(34-26)22-31-19-23-11-4-1-5-12-23/h1-9,11-16,26-29H,10,17,19-22H2/t26-,27+,28-,29+/m0/s1. The Bertz CT molecular complexity index is 1010. The number of rotatable bonds is 12. The Hall–Kier alpha value is -3.01. The second-order valence-corrected chi connectivity index (χ2v) is 8.43. The highest BCUT2D eigenvalue weighted by Crippen LogP contribution is 2.31. The van der Waals surface area contributed by atoms with E-state index in [9.17, 15) is 0 Å². The summed E-state index contributed by atoms with van der Waals surface area (Å²) in [6, 6.07) is 32.5. The van der Waals surface area contributed by atoms with Crippen molar-refractivity contribution in [3.8, 4) is 6.07 Å². The first-order valence-electron chi connectivity index (χ1n) is 11.8. The van der Waals surface area contributed by atoms with Gasteiger partial charge in [-0.1, -0.05) is 91.0 Å². The molecule has 0 saturated carbocycles. The summed E-state index contributed by atoms with van der Waals surface area (Å²) in [5.41, 5.74) is 3.29. The molecule has 0 unspecified atom stereocenters. The first-order valence-corrected chi connectivity index (χ1v) is 11.8. The maximum atomic E-state index is 9.17. The Morgan fingerprint density at radius 2 is 1.12 bits per heavy atom. The van der Waals surface area contributed by atoms with E-state index in [1.807, 2.05) is 91.0 Å². The fourth-order valence-corrected chi connectivity index (χ4v) is 4.18. The lowest BCUT2D eigenvalue weighted by Crippen LogP contribution is -2.39. The lowest BCUT2D eigenvalue weighted by molar-refractivity contribution is -0.0898. The molecule has 0 spiro atoms. The smallest absolute Gasteiger partial charge is 0.115 e. The normalized spacial score (nSPS) is 21.9. The molecule has 4 atom stereocenters. The third-order valence-corrected chi connectivity index (χ3v) is 5.91. The van der Waals surface area contributed by atoms with Gasteiger partial charge in [0.1, 0.15) is 18.3 Å². The van der Waals surface area contributed by atoms with Gasteiger partial charge >= 0.3 is 0 Å². The summed E-state index contributed by atoms with van der Waals surface area (Å²) in [6.07, 6.45) is -0.104. The van der Waals surface area contributed by atoms with Crippen LogP contribution in [0.2, 0.25) is 0 Å². The van der Waals surface area contributed by atoms with E-state index in [0.717, 1.165) is 16.7 Å². The van der Waals surface area contributed by atoms with Gasteiger partial charge in [0.25, 0.3) is 0 Å². The molecule has 1 fully saturated rings. The third kappa shape index (κ3) is 6.99. The number of ether oxygens (including phenoxy) is 4. The van der Waals surface area contributed by atoms with Crippen LogP contribution in [0.15, 0.2) is 91.0 Å². The summed E-state index contributed by atoms with van der Waals surface area (Å²) in [5, 5.41) is 9.17. The summed E-state index contributed by atoms with van der Waals surface area (Å²) >= 11 is 0. The largest absolute Gasteiger partial charge is 0.374 e. The van der Waals surface area contributed by atoms with E-state index in [-0.39, 0.29) is 24.4 Å². The fraction of sp³-hybridized carbons (Fsp3) is 0.345. The minimum atomic E-state index is -0.302. The van der Waals surface area contributed by atoms with Gasteiger partial charge in [-0.05, 0) is 23.1 Å². The maximum Gasteiger partial charge on any atom is 0.115 e. The quantitative estimate of drug-likeness (QED) is 0.362. The van der Waals surface area contributed by atoms with Crippen LogP contribution in [-0.4, -0.2) is 31.0 Å². The highest BCUT2D eigenvalue weighted by atomic mass is 16.6. The van der Waals surface area contributed by atoms with Crippen LogP contribution in [0, 0.1) is 11.3 Å². The second-order valence-electron chi connectivity index (χ2n) is 8.43. The van der Waals surface area contributed by atoms with Crippen molar-refractivity contribution in [3.05, 3.63) is 108 Å².